The highest BCUT2D eigenvalue weighted by atomic mass is 35.5. The van der Waals surface area contributed by atoms with Crippen LogP contribution in [0.25, 0.3) is 0 Å². The highest BCUT2D eigenvalue weighted by molar-refractivity contribution is 6.30. The Labute approximate surface area is 165 Å². The third-order valence-electron chi connectivity index (χ3n) is 3.87. The van der Waals surface area contributed by atoms with Crippen LogP contribution in [0, 0.1) is 0 Å². The van der Waals surface area contributed by atoms with Crippen LogP contribution in [0.3, 0.4) is 0 Å². The number of amides is 2. The molecule has 0 aromatic heterocycles. The molecule has 144 valence electrons. The molecule has 0 aliphatic carbocycles. The van der Waals surface area contributed by atoms with Gasteiger partial charge in [-0.25, -0.2) is 0 Å². The standard InChI is InChI=1S/C21H25ClN2O3/c22-19-11-9-18(10-12-19)21(26)24-13-4-8-20(25)23-14-5-15-27-16-17-6-2-1-3-7-17/h1-3,6-7,9-12H,4-5,8,13-16H2,(H,23,25)(H,24,26). The van der Waals surface area contributed by atoms with Crippen LogP contribution in [0.15, 0.2) is 54.6 Å². The molecule has 2 aromatic carbocycles. The topological polar surface area (TPSA) is 67.4 Å². The van der Waals surface area contributed by atoms with Crippen LogP contribution in [0.2, 0.25) is 5.02 Å². The minimum atomic E-state index is -0.164. The van der Waals surface area contributed by atoms with Crippen LogP contribution >= 0.6 is 11.6 Å². The molecule has 2 rings (SSSR count). The lowest BCUT2D eigenvalue weighted by atomic mass is 10.2. The molecule has 0 aliphatic rings. The van der Waals surface area contributed by atoms with Gasteiger partial charge in [-0.3, -0.25) is 9.59 Å². The van der Waals surface area contributed by atoms with Gasteiger partial charge in [-0.2, -0.15) is 0 Å². The van der Waals surface area contributed by atoms with Gasteiger partial charge in [0.25, 0.3) is 5.91 Å². The minimum Gasteiger partial charge on any atom is -0.377 e. The zero-order valence-electron chi connectivity index (χ0n) is 15.2. The molecule has 0 atom stereocenters. The van der Waals surface area contributed by atoms with E-state index in [2.05, 4.69) is 10.6 Å². The fourth-order valence-electron chi connectivity index (χ4n) is 2.41. The van der Waals surface area contributed by atoms with Gasteiger partial charge in [0, 0.05) is 36.7 Å². The van der Waals surface area contributed by atoms with Crippen molar-refractivity contribution in [1.82, 2.24) is 10.6 Å². The second-order valence-corrected chi connectivity index (χ2v) is 6.54. The summed E-state index contributed by atoms with van der Waals surface area (Å²) < 4.78 is 5.57. The summed E-state index contributed by atoms with van der Waals surface area (Å²) in [5.74, 6) is -0.179. The van der Waals surface area contributed by atoms with Gasteiger partial charge < -0.3 is 15.4 Å². The quantitative estimate of drug-likeness (QED) is 0.578. The van der Waals surface area contributed by atoms with Crippen LogP contribution in [-0.2, 0) is 16.1 Å². The molecule has 2 amide bonds. The van der Waals surface area contributed by atoms with E-state index in [0.29, 0.717) is 49.7 Å². The third kappa shape index (κ3) is 8.71. The number of hydrogen-bond acceptors (Lipinski definition) is 3. The first-order valence-corrected chi connectivity index (χ1v) is 9.45. The third-order valence-corrected chi connectivity index (χ3v) is 4.12. The van der Waals surface area contributed by atoms with Gasteiger partial charge in [0.15, 0.2) is 0 Å². The summed E-state index contributed by atoms with van der Waals surface area (Å²) >= 11 is 5.79. The molecule has 0 saturated heterocycles. The molecule has 27 heavy (non-hydrogen) atoms. The van der Waals surface area contributed by atoms with E-state index in [1.54, 1.807) is 24.3 Å². The second kappa shape index (κ2) is 12.1. The van der Waals surface area contributed by atoms with Gasteiger partial charge in [0.2, 0.25) is 5.91 Å². The Hall–Kier alpha value is -2.37. The summed E-state index contributed by atoms with van der Waals surface area (Å²) in [5, 5.41) is 6.24. The number of benzene rings is 2. The first kappa shape index (κ1) is 20.9. The number of ether oxygens (including phenoxy) is 1. The van der Waals surface area contributed by atoms with Crippen molar-refractivity contribution in [2.45, 2.75) is 25.9 Å². The highest BCUT2D eigenvalue weighted by Gasteiger charge is 2.05. The zero-order chi connectivity index (χ0) is 19.3. The summed E-state index contributed by atoms with van der Waals surface area (Å²) in [7, 11) is 0. The van der Waals surface area contributed by atoms with Crippen molar-refractivity contribution in [2.24, 2.45) is 0 Å². The number of carbonyl (C=O) groups excluding carboxylic acids is 2. The lowest BCUT2D eigenvalue weighted by molar-refractivity contribution is -0.121. The van der Waals surface area contributed by atoms with E-state index in [4.69, 9.17) is 16.3 Å². The Kier molecular flexibility index (Phi) is 9.38. The van der Waals surface area contributed by atoms with E-state index in [-0.39, 0.29) is 11.8 Å². The Morgan fingerprint density at radius 3 is 2.33 bits per heavy atom. The molecule has 2 N–H and O–H groups in total. The van der Waals surface area contributed by atoms with Crippen LogP contribution < -0.4 is 10.6 Å². The van der Waals surface area contributed by atoms with E-state index >= 15 is 0 Å². The number of halogens is 1. The van der Waals surface area contributed by atoms with Gasteiger partial charge in [-0.15, -0.1) is 0 Å². The lowest BCUT2D eigenvalue weighted by Crippen LogP contribution is -2.28. The minimum absolute atomic E-state index is 0.0150. The van der Waals surface area contributed by atoms with E-state index in [0.717, 1.165) is 12.0 Å². The Morgan fingerprint density at radius 1 is 0.889 bits per heavy atom. The molecule has 0 bridgehead atoms. The van der Waals surface area contributed by atoms with Crippen LogP contribution in [0.4, 0.5) is 0 Å². The van der Waals surface area contributed by atoms with Crippen molar-refractivity contribution in [2.75, 3.05) is 19.7 Å². The molecule has 0 heterocycles. The normalized spacial score (nSPS) is 10.4. The number of nitrogens with one attached hydrogen (secondary N) is 2. The fraction of sp³-hybridized carbons (Fsp3) is 0.333. The summed E-state index contributed by atoms with van der Waals surface area (Å²) in [6.45, 7) is 2.23. The number of rotatable bonds is 11. The molecule has 0 aliphatic heterocycles. The van der Waals surface area contributed by atoms with Crippen molar-refractivity contribution in [3.05, 3.63) is 70.7 Å². The Bertz CT molecular complexity index is 705. The largest absolute Gasteiger partial charge is 0.377 e. The number of hydrogen-bond donors (Lipinski definition) is 2. The molecular weight excluding hydrogens is 364 g/mol. The van der Waals surface area contributed by atoms with Crippen molar-refractivity contribution >= 4 is 23.4 Å². The summed E-state index contributed by atoms with van der Waals surface area (Å²) in [6.07, 6.45) is 1.74. The molecule has 0 fully saturated rings. The SMILES string of the molecule is O=C(CCCNC(=O)c1ccc(Cl)cc1)NCCCOCc1ccccc1. The molecular formula is C21H25ClN2O3. The Morgan fingerprint density at radius 2 is 1.59 bits per heavy atom. The fourth-order valence-corrected chi connectivity index (χ4v) is 2.53. The maximum Gasteiger partial charge on any atom is 0.251 e. The van der Waals surface area contributed by atoms with E-state index < -0.39 is 0 Å². The first-order valence-electron chi connectivity index (χ1n) is 9.07. The van der Waals surface area contributed by atoms with Gasteiger partial charge in [-0.1, -0.05) is 41.9 Å². The van der Waals surface area contributed by atoms with Crippen molar-refractivity contribution in [1.29, 1.82) is 0 Å². The molecule has 0 radical (unpaired) electrons. The van der Waals surface area contributed by atoms with Gasteiger partial charge in [-0.05, 0) is 42.7 Å². The summed E-state index contributed by atoms with van der Waals surface area (Å²) in [6, 6.07) is 16.7. The van der Waals surface area contributed by atoms with Crippen LogP contribution in [0.5, 0.6) is 0 Å². The zero-order valence-corrected chi connectivity index (χ0v) is 16.0. The molecule has 5 nitrogen and oxygen atoms in total. The Balaban J connectivity index is 1.46. The van der Waals surface area contributed by atoms with E-state index in [9.17, 15) is 9.59 Å². The molecule has 2 aromatic rings. The second-order valence-electron chi connectivity index (χ2n) is 6.11. The maximum absolute atomic E-state index is 11.9. The summed E-state index contributed by atoms with van der Waals surface area (Å²) in [5.41, 5.74) is 1.70. The van der Waals surface area contributed by atoms with Gasteiger partial charge in [0.1, 0.15) is 0 Å². The average Bonchev–Trinajstić information content (AvgIpc) is 2.69. The lowest BCUT2D eigenvalue weighted by Gasteiger charge is -2.07. The molecule has 0 unspecified atom stereocenters. The summed E-state index contributed by atoms with van der Waals surface area (Å²) in [4.78, 5) is 23.7. The van der Waals surface area contributed by atoms with Crippen molar-refractivity contribution in [3.8, 4) is 0 Å². The molecule has 0 saturated carbocycles. The maximum atomic E-state index is 11.9. The molecule has 6 heteroatoms. The first-order chi connectivity index (χ1) is 13.1. The van der Waals surface area contributed by atoms with E-state index in [1.165, 1.54) is 0 Å². The smallest absolute Gasteiger partial charge is 0.251 e. The predicted molar refractivity (Wildman–Crippen MR) is 107 cm³/mol. The highest BCUT2D eigenvalue weighted by Crippen LogP contribution is 2.09. The van der Waals surface area contributed by atoms with Crippen molar-refractivity contribution in [3.63, 3.8) is 0 Å². The molecule has 0 spiro atoms. The average molecular weight is 389 g/mol. The van der Waals surface area contributed by atoms with E-state index in [1.807, 2.05) is 30.3 Å². The van der Waals surface area contributed by atoms with Gasteiger partial charge in [0.05, 0.1) is 6.61 Å². The predicted octanol–water partition coefficient (Wildman–Crippen LogP) is 3.57. The number of carbonyl (C=O) groups is 2. The monoisotopic (exact) mass is 388 g/mol. The van der Waals surface area contributed by atoms with Crippen molar-refractivity contribution < 1.29 is 14.3 Å². The van der Waals surface area contributed by atoms with Crippen LogP contribution in [0.1, 0.15) is 35.2 Å². The van der Waals surface area contributed by atoms with Crippen LogP contribution in [-0.4, -0.2) is 31.5 Å². The van der Waals surface area contributed by atoms with Gasteiger partial charge >= 0.3 is 0 Å².